The van der Waals surface area contributed by atoms with Crippen LogP contribution in [0.3, 0.4) is 0 Å². The van der Waals surface area contributed by atoms with Gasteiger partial charge < -0.3 is 0 Å². The Morgan fingerprint density at radius 1 is 0.448 bits per heavy atom. The zero-order valence-corrected chi connectivity index (χ0v) is 35.7. The quantitative estimate of drug-likeness (QED) is 0.139. The number of hydrogen-bond donors (Lipinski definition) is 0. The number of aryl methyl sites for hydroxylation is 4. The van der Waals surface area contributed by atoms with Gasteiger partial charge in [0.25, 0.3) is 23.6 Å². The van der Waals surface area contributed by atoms with Gasteiger partial charge in [-0.1, -0.05) is 76.2 Å². The number of hydrogen-bond acceptors (Lipinski definition) is 10. The van der Waals surface area contributed by atoms with Crippen LogP contribution in [0.1, 0.15) is 90.0 Å². The smallest absolute Gasteiger partial charge is 0.261 e. The lowest BCUT2D eigenvalue weighted by Crippen LogP contribution is -2.40. The van der Waals surface area contributed by atoms with E-state index in [-0.39, 0.29) is 0 Å². The van der Waals surface area contributed by atoms with Crippen LogP contribution in [0.4, 0.5) is 0 Å². The highest BCUT2D eigenvalue weighted by Gasteiger charge is 2.37. The van der Waals surface area contributed by atoms with Crippen molar-refractivity contribution in [2.24, 2.45) is 0 Å². The highest BCUT2D eigenvalue weighted by molar-refractivity contribution is 7.13. The molecule has 4 amide bonds. The minimum absolute atomic E-state index is 0.336. The second-order valence-corrected chi connectivity index (χ2v) is 15.6. The minimum atomic E-state index is -0.431. The topological polar surface area (TPSA) is 126 Å². The first kappa shape index (κ1) is 40.0. The van der Waals surface area contributed by atoms with Crippen molar-refractivity contribution in [2.45, 2.75) is 55.4 Å². The van der Waals surface area contributed by atoms with Gasteiger partial charge in [-0.3, -0.25) is 29.0 Å². The van der Waals surface area contributed by atoms with Crippen LogP contribution in [0.25, 0.3) is 66.1 Å². The fraction of sp³-hybridized carbons (Fsp3) is 0.217. The van der Waals surface area contributed by atoms with Crippen LogP contribution in [0, 0.1) is 27.7 Å². The van der Waals surface area contributed by atoms with Gasteiger partial charge >= 0.3 is 0 Å². The Hall–Kier alpha value is -6.24. The van der Waals surface area contributed by atoms with Gasteiger partial charge in [0, 0.05) is 73.4 Å². The van der Waals surface area contributed by atoms with Crippen LogP contribution in [0.15, 0.2) is 72.8 Å². The lowest BCUT2D eigenvalue weighted by molar-refractivity contribution is 0.0629. The molecule has 0 unspecified atom stereocenters. The van der Waals surface area contributed by atoms with E-state index in [2.05, 4.69) is 85.0 Å². The molecule has 3 aromatic heterocycles. The van der Waals surface area contributed by atoms with Gasteiger partial charge in [-0.2, -0.15) is 8.75 Å². The number of aromatic nitrogens is 4. The minimum Gasteiger partial charge on any atom is -0.277 e. The average molecular weight is 807 g/mol. The number of carbonyl (C=O) groups excluding carboxylic acids is 4. The van der Waals surface area contributed by atoms with Crippen LogP contribution in [0.2, 0.25) is 0 Å². The third-order valence-electron chi connectivity index (χ3n) is 10.4. The maximum Gasteiger partial charge on any atom is 0.261 e. The van der Waals surface area contributed by atoms with Crippen LogP contribution in [0.5, 0.6) is 0 Å². The Morgan fingerprint density at radius 2 is 0.810 bits per heavy atom. The molecular formula is C46H42N6O4S2. The van der Waals surface area contributed by atoms with Crippen molar-refractivity contribution >= 4 is 90.3 Å². The molecule has 5 heterocycles. The number of carbonyl (C=O) groups is 4. The van der Waals surface area contributed by atoms with Crippen LogP contribution in [-0.2, 0) is 0 Å². The highest BCUT2D eigenvalue weighted by atomic mass is 32.1. The van der Waals surface area contributed by atoms with E-state index >= 15 is 0 Å². The number of imide groups is 2. The predicted octanol–water partition coefficient (Wildman–Crippen LogP) is 10.8. The molecule has 0 bridgehead atoms. The number of amides is 4. The van der Waals surface area contributed by atoms with Crippen molar-refractivity contribution in [2.75, 3.05) is 14.1 Å². The molecule has 58 heavy (non-hydrogen) atoms. The largest absolute Gasteiger partial charge is 0.277 e. The van der Waals surface area contributed by atoms with E-state index in [1.807, 2.05) is 27.7 Å². The third-order valence-corrected chi connectivity index (χ3v) is 11.9. The molecule has 0 N–H and O–H groups in total. The molecule has 11 rings (SSSR count). The molecule has 0 spiro atoms. The van der Waals surface area contributed by atoms with Crippen molar-refractivity contribution in [1.82, 2.24) is 28.5 Å². The Balaban J connectivity index is 0.000000133. The van der Waals surface area contributed by atoms with Gasteiger partial charge in [0.15, 0.2) is 0 Å². The molecule has 8 aromatic rings. The summed E-state index contributed by atoms with van der Waals surface area (Å²) in [5, 5.41) is 3.36. The number of thiophene rings is 1. The molecule has 0 saturated carbocycles. The van der Waals surface area contributed by atoms with Gasteiger partial charge in [-0.25, -0.2) is 9.97 Å². The van der Waals surface area contributed by atoms with E-state index in [0.29, 0.717) is 33.0 Å². The number of benzene rings is 5. The van der Waals surface area contributed by atoms with Gasteiger partial charge in [0.1, 0.15) is 22.1 Å². The number of rotatable bonds is 0. The summed E-state index contributed by atoms with van der Waals surface area (Å²) in [5.74, 6) is -1.72. The molecule has 12 heteroatoms. The summed E-state index contributed by atoms with van der Waals surface area (Å²) < 4.78 is 8.42. The Morgan fingerprint density at radius 3 is 1.17 bits per heavy atom. The van der Waals surface area contributed by atoms with E-state index < -0.39 is 23.6 Å². The van der Waals surface area contributed by atoms with Crippen molar-refractivity contribution < 1.29 is 19.2 Å². The standard InChI is InChI=1S/C18H12N2S.C16H10N2O4.C8H8N2S.2C2H6/c1-9-15-16(10(2)21-9)20-18-13-8-4-6-11-5-3-7-12(14(11)13)17(18)19-15;1-17-13(19)7-3-5-9-12-10(16(22)18(2)15(9)21)6-4-8(11(7)12)14(17)20;1-5-3-4-6(2)8-7(5)9-11-10-8;2*1-2/h3-8H,1-2H3;3-6H,1-2H3;3-4H,1-2H3;2*1-2H3. The Kier molecular flexibility index (Phi) is 10.8. The molecule has 0 radical (unpaired) electrons. The van der Waals surface area contributed by atoms with Crippen LogP contribution >= 0.6 is 23.1 Å². The van der Waals surface area contributed by atoms with Gasteiger partial charge in [-0.05, 0) is 68.5 Å². The van der Waals surface area contributed by atoms with Crippen molar-refractivity contribution in [3.8, 4) is 22.5 Å². The molecular weight excluding hydrogens is 765 g/mol. The fourth-order valence-electron chi connectivity index (χ4n) is 7.59. The molecule has 0 atom stereocenters. The molecule has 5 aromatic carbocycles. The summed E-state index contributed by atoms with van der Waals surface area (Å²) in [4.78, 5) is 63.7. The number of fused-ring (bicyclic) bond motifs is 5. The summed E-state index contributed by atoms with van der Waals surface area (Å²) in [7, 11) is 2.83. The summed E-state index contributed by atoms with van der Waals surface area (Å²) in [6.45, 7) is 16.4. The molecule has 1 aliphatic carbocycles. The molecule has 0 saturated heterocycles. The maximum atomic E-state index is 12.3. The van der Waals surface area contributed by atoms with Gasteiger partial charge in [0.05, 0.1) is 23.1 Å². The molecule has 2 aliphatic heterocycles. The summed E-state index contributed by atoms with van der Waals surface area (Å²) in [6.07, 6.45) is 0. The van der Waals surface area contributed by atoms with E-state index in [1.54, 1.807) is 11.3 Å². The highest BCUT2D eigenvalue weighted by Crippen LogP contribution is 2.46. The second kappa shape index (κ2) is 15.6. The van der Waals surface area contributed by atoms with Crippen LogP contribution < -0.4 is 0 Å². The number of nitrogens with zero attached hydrogens (tertiary/aromatic N) is 6. The second-order valence-electron chi connectivity index (χ2n) is 13.6. The maximum absolute atomic E-state index is 12.3. The first-order chi connectivity index (χ1) is 28.0. The van der Waals surface area contributed by atoms with E-state index in [4.69, 9.17) is 9.97 Å². The lowest BCUT2D eigenvalue weighted by Gasteiger charge is -2.29. The van der Waals surface area contributed by atoms with E-state index in [1.165, 1.54) is 92.9 Å². The average Bonchev–Trinajstić information content (AvgIpc) is 3.96. The van der Waals surface area contributed by atoms with Crippen molar-refractivity contribution in [3.63, 3.8) is 0 Å². The molecule has 3 aliphatic rings. The Bertz CT molecular complexity index is 2760. The zero-order chi connectivity index (χ0) is 41.7. The van der Waals surface area contributed by atoms with Gasteiger partial charge in [0.2, 0.25) is 0 Å². The third kappa shape index (κ3) is 6.14. The summed E-state index contributed by atoms with van der Waals surface area (Å²) in [6, 6.07) is 23.2. The van der Waals surface area contributed by atoms with Crippen LogP contribution in [-0.4, -0.2) is 66.2 Å². The SMILES string of the molecule is CC.CC.CN1C(=O)c2ccc3c4c(ccc(c24)C1=O)C(=O)N(C)C3=O.Cc1ccc(C)c2nsnc12.Cc1sc(C)c2nc3c(nc12)-c1cccc2cccc-3c12. The first-order valence-electron chi connectivity index (χ1n) is 19.2. The molecule has 10 nitrogen and oxygen atoms in total. The van der Waals surface area contributed by atoms with Crippen molar-refractivity contribution in [3.05, 3.63) is 116 Å². The summed E-state index contributed by atoms with van der Waals surface area (Å²) >= 11 is 3.06. The normalized spacial score (nSPS) is 13.1. The summed E-state index contributed by atoms with van der Waals surface area (Å²) in [5.41, 5.74) is 12.5. The van der Waals surface area contributed by atoms with E-state index in [9.17, 15) is 19.2 Å². The fourth-order valence-corrected chi connectivity index (χ4v) is 9.20. The van der Waals surface area contributed by atoms with Gasteiger partial charge in [-0.15, -0.1) is 11.3 Å². The monoisotopic (exact) mass is 806 g/mol. The Labute approximate surface area is 344 Å². The lowest BCUT2D eigenvalue weighted by atomic mass is 9.86. The first-order valence-corrected chi connectivity index (χ1v) is 20.7. The predicted molar refractivity (Wildman–Crippen MR) is 235 cm³/mol. The molecule has 0 fully saturated rings. The van der Waals surface area contributed by atoms with E-state index in [0.717, 1.165) is 43.3 Å². The molecule has 292 valence electrons. The van der Waals surface area contributed by atoms with Crippen molar-refractivity contribution in [1.29, 1.82) is 0 Å². The zero-order valence-electron chi connectivity index (χ0n) is 34.1.